The summed E-state index contributed by atoms with van der Waals surface area (Å²) in [4.78, 5) is 24.8. The molecule has 3 heteroatoms. The van der Waals surface area contributed by atoms with E-state index < -0.39 is 11.4 Å². The van der Waals surface area contributed by atoms with Crippen LogP contribution in [0.1, 0.15) is 23.1 Å². The first kappa shape index (κ1) is 17.6. The molecule has 3 nitrogen and oxygen atoms in total. The third kappa shape index (κ3) is 3.89. The van der Waals surface area contributed by atoms with Gasteiger partial charge in [0.1, 0.15) is 12.9 Å². The van der Waals surface area contributed by atoms with E-state index in [2.05, 4.69) is 0 Å². The second kappa shape index (κ2) is 8.26. The Bertz CT molecular complexity index is 803. The minimum atomic E-state index is -1.06. The van der Waals surface area contributed by atoms with Gasteiger partial charge in [0.25, 0.3) is 0 Å². The van der Waals surface area contributed by atoms with E-state index in [9.17, 15) is 9.59 Å². The van der Waals surface area contributed by atoms with Gasteiger partial charge in [0, 0.05) is 0 Å². The first-order valence-electron chi connectivity index (χ1n) is 8.51. The molecular formula is C23H20O3. The van der Waals surface area contributed by atoms with Gasteiger partial charge in [-0.05, 0) is 16.7 Å². The van der Waals surface area contributed by atoms with Crippen LogP contribution < -0.4 is 0 Å². The highest BCUT2D eigenvalue weighted by atomic mass is 16.5. The zero-order chi connectivity index (χ0) is 18.2. The van der Waals surface area contributed by atoms with Crippen LogP contribution in [-0.2, 0) is 26.3 Å². The Balaban J connectivity index is 1.86. The molecule has 0 fully saturated rings. The van der Waals surface area contributed by atoms with Crippen LogP contribution in [0, 0.1) is 0 Å². The highest BCUT2D eigenvalue weighted by Gasteiger charge is 2.37. The van der Waals surface area contributed by atoms with Crippen LogP contribution in [0.4, 0.5) is 0 Å². The molecule has 0 heterocycles. The highest BCUT2D eigenvalue weighted by molar-refractivity contribution is 5.84. The maximum atomic E-state index is 12.6. The molecule has 0 N–H and O–H groups in total. The fourth-order valence-corrected chi connectivity index (χ4v) is 3.04. The highest BCUT2D eigenvalue weighted by Crippen LogP contribution is 2.34. The predicted molar refractivity (Wildman–Crippen MR) is 101 cm³/mol. The Morgan fingerprint density at radius 2 is 1.23 bits per heavy atom. The topological polar surface area (TPSA) is 43.4 Å². The molecule has 0 amide bonds. The molecule has 0 aromatic heterocycles. The quantitative estimate of drug-likeness (QED) is 0.474. The molecule has 3 rings (SSSR count). The standard InChI is InChI=1S/C23H20O3/c24-18-23(20-12-6-2-7-13-20,21-14-8-3-9-15-21)16-22(25)26-17-19-10-4-1-5-11-19/h1-15,18H,16-17H2. The average molecular weight is 344 g/mol. The molecule has 26 heavy (non-hydrogen) atoms. The van der Waals surface area contributed by atoms with Gasteiger partial charge in [0.05, 0.1) is 11.8 Å². The van der Waals surface area contributed by atoms with Crippen molar-refractivity contribution in [2.45, 2.75) is 18.4 Å². The number of ether oxygens (including phenoxy) is 1. The number of benzene rings is 3. The molecule has 0 atom stereocenters. The lowest BCUT2D eigenvalue weighted by Crippen LogP contribution is -2.33. The van der Waals surface area contributed by atoms with Crippen molar-refractivity contribution in [1.82, 2.24) is 0 Å². The first-order chi connectivity index (χ1) is 12.7. The van der Waals surface area contributed by atoms with Gasteiger partial charge in [-0.25, -0.2) is 0 Å². The fraction of sp³-hybridized carbons (Fsp3) is 0.130. The molecule has 0 saturated carbocycles. The second-order valence-electron chi connectivity index (χ2n) is 6.14. The van der Waals surface area contributed by atoms with E-state index in [1.807, 2.05) is 91.0 Å². The van der Waals surface area contributed by atoms with Crippen molar-refractivity contribution in [3.8, 4) is 0 Å². The summed E-state index contributed by atoms with van der Waals surface area (Å²) in [5, 5.41) is 0. The van der Waals surface area contributed by atoms with E-state index in [0.717, 1.165) is 23.0 Å². The summed E-state index contributed by atoms with van der Waals surface area (Å²) in [5.41, 5.74) is 1.41. The monoisotopic (exact) mass is 344 g/mol. The van der Waals surface area contributed by atoms with Crippen LogP contribution in [-0.4, -0.2) is 12.3 Å². The lowest BCUT2D eigenvalue weighted by atomic mass is 9.73. The summed E-state index contributed by atoms with van der Waals surface area (Å²) in [6.07, 6.45) is 0.804. The first-order valence-corrected chi connectivity index (χ1v) is 8.51. The minimum absolute atomic E-state index is 0.0443. The average Bonchev–Trinajstić information content (AvgIpc) is 2.72. The molecule has 0 aliphatic rings. The van der Waals surface area contributed by atoms with Crippen LogP contribution in [0.25, 0.3) is 0 Å². The number of hydrogen-bond donors (Lipinski definition) is 0. The molecule has 3 aromatic rings. The van der Waals surface area contributed by atoms with Crippen LogP contribution in [0.15, 0.2) is 91.0 Å². The molecule has 130 valence electrons. The molecule has 3 aromatic carbocycles. The number of esters is 1. The van der Waals surface area contributed by atoms with Crippen molar-refractivity contribution < 1.29 is 14.3 Å². The number of rotatable bonds is 7. The maximum absolute atomic E-state index is 12.6. The van der Waals surface area contributed by atoms with Crippen molar-refractivity contribution in [2.75, 3.05) is 0 Å². The number of hydrogen-bond acceptors (Lipinski definition) is 3. The molecule has 0 unspecified atom stereocenters. The third-order valence-corrected chi connectivity index (χ3v) is 4.44. The predicted octanol–water partition coefficient (Wildman–Crippen LogP) is 4.31. The molecular weight excluding hydrogens is 324 g/mol. The van der Waals surface area contributed by atoms with Crippen molar-refractivity contribution in [2.24, 2.45) is 0 Å². The van der Waals surface area contributed by atoms with Gasteiger partial charge in [-0.3, -0.25) is 4.79 Å². The summed E-state index contributed by atoms with van der Waals surface area (Å²) in [7, 11) is 0. The lowest BCUT2D eigenvalue weighted by Gasteiger charge is -2.28. The van der Waals surface area contributed by atoms with Crippen molar-refractivity contribution in [3.05, 3.63) is 108 Å². The molecule has 0 bridgehead atoms. The van der Waals surface area contributed by atoms with Gasteiger partial charge < -0.3 is 9.53 Å². The van der Waals surface area contributed by atoms with Gasteiger partial charge in [-0.1, -0.05) is 91.0 Å². The molecule has 0 saturated heterocycles. The molecule has 0 radical (unpaired) electrons. The van der Waals surface area contributed by atoms with Crippen molar-refractivity contribution in [3.63, 3.8) is 0 Å². The summed E-state index contributed by atoms with van der Waals surface area (Å²) < 4.78 is 5.43. The Hall–Kier alpha value is -3.20. The summed E-state index contributed by atoms with van der Waals surface area (Å²) >= 11 is 0. The van der Waals surface area contributed by atoms with E-state index in [0.29, 0.717) is 0 Å². The van der Waals surface area contributed by atoms with Gasteiger partial charge in [0.2, 0.25) is 0 Å². The van der Waals surface area contributed by atoms with Crippen molar-refractivity contribution in [1.29, 1.82) is 0 Å². The minimum Gasteiger partial charge on any atom is -0.461 e. The van der Waals surface area contributed by atoms with E-state index in [4.69, 9.17) is 4.74 Å². The van der Waals surface area contributed by atoms with Crippen LogP contribution in [0.2, 0.25) is 0 Å². The lowest BCUT2D eigenvalue weighted by molar-refractivity contribution is -0.147. The number of carbonyl (C=O) groups excluding carboxylic acids is 2. The van der Waals surface area contributed by atoms with Gasteiger partial charge in [-0.2, -0.15) is 0 Å². The SMILES string of the molecule is O=CC(CC(=O)OCc1ccccc1)(c1ccccc1)c1ccccc1. The zero-order valence-electron chi connectivity index (χ0n) is 14.4. The van der Waals surface area contributed by atoms with E-state index in [-0.39, 0.29) is 13.0 Å². The summed E-state index contributed by atoms with van der Waals surface area (Å²) in [6, 6.07) is 28.2. The normalized spacial score (nSPS) is 10.9. The Labute approximate surface area is 153 Å². The van der Waals surface area contributed by atoms with Crippen molar-refractivity contribution >= 4 is 12.3 Å². The van der Waals surface area contributed by atoms with Gasteiger partial charge in [-0.15, -0.1) is 0 Å². The van der Waals surface area contributed by atoms with E-state index >= 15 is 0 Å². The summed E-state index contributed by atoms with van der Waals surface area (Å²) in [5.74, 6) is -0.409. The Kier molecular flexibility index (Phi) is 5.59. The largest absolute Gasteiger partial charge is 0.461 e. The Morgan fingerprint density at radius 3 is 1.69 bits per heavy atom. The molecule has 0 aliphatic heterocycles. The van der Waals surface area contributed by atoms with E-state index in [1.54, 1.807) is 0 Å². The fourth-order valence-electron chi connectivity index (χ4n) is 3.04. The van der Waals surface area contributed by atoms with Crippen LogP contribution >= 0.6 is 0 Å². The Morgan fingerprint density at radius 1 is 0.769 bits per heavy atom. The van der Waals surface area contributed by atoms with Gasteiger partial charge in [0.15, 0.2) is 0 Å². The smallest absolute Gasteiger partial charge is 0.307 e. The summed E-state index contributed by atoms with van der Waals surface area (Å²) in [6.45, 7) is 0.193. The molecule has 0 aliphatic carbocycles. The molecule has 0 spiro atoms. The van der Waals surface area contributed by atoms with Crippen LogP contribution in [0.5, 0.6) is 0 Å². The third-order valence-electron chi connectivity index (χ3n) is 4.44. The number of aldehydes is 1. The van der Waals surface area contributed by atoms with Crippen LogP contribution in [0.3, 0.4) is 0 Å². The van der Waals surface area contributed by atoms with Gasteiger partial charge >= 0.3 is 5.97 Å². The maximum Gasteiger partial charge on any atom is 0.307 e. The second-order valence-corrected chi connectivity index (χ2v) is 6.14. The zero-order valence-corrected chi connectivity index (χ0v) is 14.4. The number of carbonyl (C=O) groups is 2. The van der Waals surface area contributed by atoms with E-state index in [1.165, 1.54) is 0 Å².